The third-order valence-corrected chi connectivity index (χ3v) is 4.59. The predicted molar refractivity (Wildman–Crippen MR) is 99.5 cm³/mol. The molecule has 3 heterocycles. The number of rotatable bonds is 5. The van der Waals surface area contributed by atoms with Gasteiger partial charge in [0.25, 0.3) is 5.89 Å². The fraction of sp³-hybridized carbons (Fsp3) is 0.300. The zero-order valence-corrected chi connectivity index (χ0v) is 15.4. The molecule has 1 amide bonds. The highest BCUT2D eigenvalue weighted by Crippen LogP contribution is 2.27. The molecule has 0 aliphatic carbocycles. The predicted octanol–water partition coefficient (Wildman–Crippen LogP) is 2.28. The largest absolute Gasteiger partial charge is 0.495 e. The molecule has 1 unspecified atom stereocenters. The molecular weight excluding hydrogens is 360 g/mol. The topological polar surface area (TPSA) is 90.6 Å². The van der Waals surface area contributed by atoms with E-state index < -0.39 is 6.04 Å². The monoisotopic (exact) mass is 380 g/mol. The van der Waals surface area contributed by atoms with Gasteiger partial charge in [-0.05, 0) is 12.1 Å². The Bertz CT molecular complexity index is 944. The van der Waals surface area contributed by atoms with Gasteiger partial charge < -0.3 is 18.9 Å². The molecule has 144 valence electrons. The molecule has 3 aromatic rings. The second-order valence-electron chi connectivity index (χ2n) is 6.33. The highest BCUT2D eigenvalue weighted by Gasteiger charge is 2.33. The van der Waals surface area contributed by atoms with Crippen LogP contribution in [0.15, 0.2) is 53.2 Å². The van der Waals surface area contributed by atoms with Crippen LogP contribution >= 0.6 is 0 Å². The van der Waals surface area contributed by atoms with Gasteiger partial charge in [0.05, 0.1) is 32.4 Å². The van der Waals surface area contributed by atoms with E-state index in [1.165, 1.54) is 0 Å². The van der Waals surface area contributed by atoms with E-state index in [0.29, 0.717) is 42.9 Å². The average Bonchev–Trinajstić information content (AvgIpc) is 3.25. The van der Waals surface area contributed by atoms with Crippen LogP contribution in [0.4, 0.5) is 0 Å². The van der Waals surface area contributed by atoms with Crippen LogP contribution in [0.1, 0.15) is 17.6 Å². The lowest BCUT2D eigenvalue weighted by atomic mass is 10.1. The highest BCUT2D eigenvalue weighted by molar-refractivity contribution is 5.79. The molecule has 0 saturated carbocycles. The van der Waals surface area contributed by atoms with Crippen LogP contribution in [0.3, 0.4) is 0 Å². The van der Waals surface area contributed by atoms with Gasteiger partial charge in [0, 0.05) is 18.3 Å². The Kier molecular flexibility index (Phi) is 5.29. The summed E-state index contributed by atoms with van der Waals surface area (Å²) in [7, 11) is 1.56. The van der Waals surface area contributed by atoms with E-state index in [4.69, 9.17) is 14.0 Å². The number of methoxy groups -OCH3 is 1. The number of ether oxygens (including phenoxy) is 2. The molecule has 1 saturated heterocycles. The summed E-state index contributed by atoms with van der Waals surface area (Å²) in [5.41, 5.74) is 1.45. The maximum atomic E-state index is 13.0. The zero-order chi connectivity index (χ0) is 19.3. The molecule has 1 aliphatic heterocycles. The molecule has 8 nitrogen and oxygen atoms in total. The normalized spacial score (nSPS) is 16.8. The quantitative estimate of drug-likeness (QED) is 0.671. The standard InChI is InChI=1S/C20H20N4O4/c1-26-17-8-5-9-21-15(17)12-18(25)24-10-11-27-13-16(24)20-22-19(23-28-20)14-6-3-2-4-7-14/h2-9,16H,10-13H2,1H3. The van der Waals surface area contributed by atoms with Gasteiger partial charge in [0.2, 0.25) is 11.7 Å². The fourth-order valence-corrected chi connectivity index (χ4v) is 3.17. The minimum atomic E-state index is -0.430. The van der Waals surface area contributed by atoms with Gasteiger partial charge in [-0.3, -0.25) is 9.78 Å². The van der Waals surface area contributed by atoms with Crippen LogP contribution in [-0.2, 0) is 16.0 Å². The summed E-state index contributed by atoms with van der Waals surface area (Å²) < 4.78 is 16.3. The number of aromatic nitrogens is 3. The van der Waals surface area contributed by atoms with E-state index in [9.17, 15) is 4.79 Å². The fourth-order valence-electron chi connectivity index (χ4n) is 3.17. The van der Waals surface area contributed by atoms with Crippen LogP contribution in [-0.4, -0.2) is 52.8 Å². The third-order valence-electron chi connectivity index (χ3n) is 4.59. The number of pyridine rings is 1. The van der Waals surface area contributed by atoms with Crippen LogP contribution in [0.25, 0.3) is 11.4 Å². The molecule has 1 fully saturated rings. The van der Waals surface area contributed by atoms with Crippen molar-refractivity contribution < 1.29 is 18.8 Å². The molecule has 28 heavy (non-hydrogen) atoms. The Morgan fingerprint density at radius 1 is 1.25 bits per heavy atom. The lowest BCUT2D eigenvalue weighted by Gasteiger charge is -2.33. The Balaban J connectivity index is 1.55. The van der Waals surface area contributed by atoms with Crippen LogP contribution in [0.5, 0.6) is 5.75 Å². The number of hydrogen-bond donors (Lipinski definition) is 0. The van der Waals surface area contributed by atoms with Gasteiger partial charge in [-0.1, -0.05) is 35.5 Å². The summed E-state index contributed by atoms with van der Waals surface area (Å²) in [5.74, 6) is 1.34. The molecule has 0 spiro atoms. The summed E-state index contributed by atoms with van der Waals surface area (Å²) in [6.07, 6.45) is 1.77. The number of hydrogen-bond acceptors (Lipinski definition) is 7. The first-order chi connectivity index (χ1) is 13.8. The minimum Gasteiger partial charge on any atom is -0.495 e. The molecule has 8 heteroatoms. The number of carbonyl (C=O) groups is 1. The average molecular weight is 380 g/mol. The molecule has 0 bridgehead atoms. The first-order valence-corrected chi connectivity index (χ1v) is 9.00. The minimum absolute atomic E-state index is 0.0928. The number of carbonyl (C=O) groups excluding carboxylic acids is 1. The van der Waals surface area contributed by atoms with E-state index in [1.54, 1.807) is 30.3 Å². The van der Waals surface area contributed by atoms with Crippen LogP contribution < -0.4 is 4.74 Å². The molecule has 1 aromatic carbocycles. The van der Waals surface area contributed by atoms with Crippen LogP contribution in [0.2, 0.25) is 0 Å². The Morgan fingerprint density at radius 2 is 2.11 bits per heavy atom. The molecular formula is C20H20N4O4. The SMILES string of the molecule is COc1cccnc1CC(=O)N1CCOCC1c1nc(-c2ccccc2)no1. The first-order valence-electron chi connectivity index (χ1n) is 9.00. The number of nitrogens with zero attached hydrogens (tertiary/aromatic N) is 4. The van der Waals surface area contributed by atoms with Crippen molar-refractivity contribution >= 4 is 5.91 Å². The van der Waals surface area contributed by atoms with Crippen molar-refractivity contribution in [3.63, 3.8) is 0 Å². The van der Waals surface area contributed by atoms with E-state index in [0.717, 1.165) is 5.56 Å². The van der Waals surface area contributed by atoms with Crippen LogP contribution in [0, 0.1) is 0 Å². The van der Waals surface area contributed by atoms with E-state index in [-0.39, 0.29) is 12.3 Å². The molecule has 1 atom stereocenters. The van der Waals surface area contributed by atoms with Crippen molar-refractivity contribution in [1.29, 1.82) is 0 Å². The van der Waals surface area contributed by atoms with Crippen molar-refractivity contribution in [3.05, 3.63) is 60.2 Å². The van der Waals surface area contributed by atoms with Gasteiger partial charge in [0.1, 0.15) is 11.8 Å². The zero-order valence-electron chi connectivity index (χ0n) is 15.4. The van der Waals surface area contributed by atoms with Crippen molar-refractivity contribution in [2.24, 2.45) is 0 Å². The second kappa shape index (κ2) is 8.18. The van der Waals surface area contributed by atoms with Gasteiger partial charge in [-0.15, -0.1) is 0 Å². The summed E-state index contributed by atoms with van der Waals surface area (Å²) in [6, 6.07) is 12.7. The van der Waals surface area contributed by atoms with E-state index in [1.807, 2.05) is 30.3 Å². The lowest BCUT2D eigenvalue weighted by Crippen LogP contribution is -2.44. The first kappa shape index (κ1) is 18.1. The van der Waals surface area contributed by atoms with Gasteiger partial charge in [-0.2, -0.15) is 4.98 Å². The lowest BCUT2D eigenvalue weighted by molar-refractivity contribution is -0.140. The number of benzene rings is 1. The van der Waals surface area contributed by atoms with Crippen molar-refractivity contribution in [1.82, 2.24) is 20.0 Å². The third kappa shape index (κ3) is 3.72. The van der Waals surface area contributed by atoms with Crippen molar-refractivity contribution in [2.75, 3.05) is 26.9 Å². The second-order valence-corrected chi connectivity index (χ2v) is 6.33. The Labute approximate surface area is 162 Å². The summed E-state index contributed by atoms with van der Waals surface area (Å²) in [4.78, 5) is 23.4. The molecule has 0 N–H and O–H groups in total. The maximum Gasteiger partial charge on any atom is 0.252 e. The summed E-state index contributed by atoms with van der Waals surface area (Å²) >= 11 is 0. The van der Waals surface area contributed by atoms with Crippen molar-refractivity contribution in [2.45, 2.75) is 12.5 Å². The smallest absolute Gasteiger partial charge is 0.252 e. The molecule has 0 radical (unpaired) electrons. The maximum absolute atomic E-state index is 13.0. The Morgan fingerprint density at radius 3 is 2.93 bits per heavy atom. The van der Waals surface area contributed by atoms with E-state index >= 15 is 0 Å². The summed E-state index contributed by atoms with van der Waals surface area (Å²) in [6.45, 7) is 1.21. The van der Waals surface area contributed by atoms with E-state index in [2.05, 4.69) is 15.1 Å². The Hall–Kier alpha value is -3.26. The number of amides is 1. The van der Waals surface area contributed by atoms with Gasteiger partial charge >= 0.3 is 0 Å². The van der Waals surface area contributed by atoms with Gasteiger partial charge in [-0.25, -0.2) is 0 Å². The number of morpholine rings is 1. The molecule has 4 rings (SSSR count). The molecule has 2 aromatic heterocycles. The molecule has 1 aliphatic rings. The van der Waals surface area contributed by atoms with Crippen molar-refractivity contribution in [3.8, 4) is 17.1 Å². The summed E-state index contributed by atoms with van der Waals surface area (Å²) in [5, 5.41) is 4.05. The highest BCUT2D eigenvalue weighted by atomic mass is 16.5. The van der Waals surface area contributed by atoms with Gasteiger partial charge in [0.15, 0.2) is 0 Å².